The van der Waals surface area contributed by atoms with Gasteiger partial charge in [-0.05, 0) is 50.5 Å². The molecule has 0 spiro atoms. The molecule has 1 aliphatic heterocycles. The number of hydrogen-bond donors (Lipinski definition) is 3. The van der Waals surface area contributed by atoms with E-state index >= 15 is 0 Å². The van der Waals surface area contributed by atoms with Gasteiger partial charge in [-0.1, -0.05) is 64.4 Å². The number of alkyl halides is 2. The SMILES string of the molecule is CCCC(NC(=O)[C@@H]1[C@H]2CCC(F)(F)[C@H]2CN1C(=O)[C@@H](NC(=O)OC(C)C)C(C)(C)C)C(=O)C(=O)N[C@H](C)c1ccccc1. The zero-order valence-electron chi connectivity index (χ0n) is 26.6. The average Bonchev–Trinajstić information content (AvgIpc) is 3.47. The maximum atomic E-state index is 15.0. The Bertz CT molecular complexity index is 1220. The molecule has 6 atom stereocenters. The number of nitrogens with one attached hydrogen (secondary N) is 3. The molecule has 1 saturated heterocycles. The first kappa shape index (κ1) is 34.9. The van der Waals surface area contributed by atoms with Gasteiger partial charge in [-0.2, -0.15) is 0 Å². The van der Waals surface area contributed by atoms with Crippen LogP contribution in [0.15, 0.2) is 30.3 Å². The summed E-state index contributed by atoms with van der Waals surface area (Å²) in [6.45, 7) is 11.5. The van der Waals surface area contributed by atoms with Crippen molar-refractivity contribution in [2.24, 2.45) is 17.3 Å². The van der Waals surface area contributed by atoms with Crippen molar-refractivity contribution in [3.63, 3.8) is 0 Å². The van der Waals surface area contributed by atoms with Crippen LogP contribution in [-0.2, 0) is 23.9 Å². The van der Waals surface area contributed by atoms with Gasteiger partial charge in [-0.25, -0.2) is 13.6 Å². The minimum atomic E-state index is -3.09. The second kappa shape index (κ2) is 14.0. The van der Waals surface area contributed by atoms with E-state index in [2.05, 4.69) is 16.0 Å². The first-order chi connectivity index (χ1) is 20.5. The van der Waals surface area contributed by atoms with Crippen LogP contribution in [0.4, 0.5) is 13.6 Å². The molecule has 1 aliphatic carbocycles. The predicted octanol–water partition coefficient (Wildman–Crippen LogP) is 4.14. The minimum Gasteiger partial charge on any atom is -0.447 e. The van der Waals surface area contributed by atoms with E-state index in [9.17, 15) is 32.8 Å². The number of fused-ring (bicyclic) bond motifs is 1. The van der Waals surface area contributed by atoms with E-state index < -0.39 is 89.5 Å². The van der Waals surface area contributed by atoms with E-state index in [0.29, 0.717) is 6.42 Å². The predicted molar refractivity (Wildman–Crippen MR) is 160 cm³/mol. The van der Waals surface area contributed by atoms with Crippen LogP contribution in [0, 0.1) is 17.3 Å². The largest absolute Gasteiger partial charge is 0.447 e. The number of ether oxygens (including phenoxy) is 1. The Morgan fingerprint density at radius 2 is 1.66 bits per heavy atom. The van der Waals surface area contributed by atoms with Gasteiger partial charge in [0.15, 0.2) is 0 Å². The van der Waals surface area contributed by atoms with Crippen molar-refractivity contribution in [1.82, 2.24) is 20.9 Å². The van der Waals surface area contributed by atoms with Gasteiger partial charge in [0.25, 0.3) is 11.8 Å². The van der Waals surface area contributed by atoms with Crippen LogP contribution < -0.4 is 16.0 Å². The monoisotopic (exact) mass is 620 g/mol. The van der Waals surface area contributed by atoms with Crippen molar-refractivity contribution >= 4 is 29.6 Å². The first-order valence-corrected chi connectivity index (χ1v) is 15.3. The normalized spacial score (nSPS) is 22.9. The number of carbonyl (C=O) groups excluding carboxylic acids is 5. The summed E-state index contributed by atoms with van der Waals surface area (Å²) in [5.41, 5.74) is -0.0694. The highest BCUT2D eigenvalue weighted by Crippen LogP contribution is 2.51. The summed E-state index contributed by atoms with van der Waals surface area (Å²) < 4.78 is 35.1. The number of nitrogens with zero attached hydrogens (tertiary/aromatic N) is 1. The molecule has 0 radical (unpaired) electrons. The van der Waals surface area contributed by atoms with Crippen LogP contribution in [0.25, 0.3) is 0 Å². The number of Topliss-reactive ketones (excluding diaryl/α,β-unsaturated/α-hetero) is 1. The summed E-state index contributed by atoms with van der Waals surface area (Å²) in [5, 5.41) is 7.84. The molecule has 44 heavy (non-hydrogen) atoms. The van der Waals surface area contributed by atoms with Crippen molar-refractivity contribution in [2.45, 2.75) is 110 Å². The first-order valence-electron chi connectivity index (χ1n) is 15.3. The van der Waals surface area contributed by atoms with E-state index in [1.807, 2.05) is 18.2 Å². The number of amides is 4. The van der Waals surface area contributed by atoms with Gasteiger partial charge < -0.3 is 25.6 Å². The number of hydrogen-bond acceptors (Lipinski definition) is 6. The Morgan fingerprint density at radius 3 is 2.23 bits per heavy atom. The molecule has 2 aliphatic rings. The lowest BCUT2D eigenvalue weighted by Gasteiger charge is -2.36. The molecular weight excluding hydrogens is 574 g/mol. The van der Waals surface area contributed by atoms with Gasteiger partial charge in [0.2, 0.25) is 17.6 Å². The highest BCUT2D eigenvalue weighted by atomic mass is 19.3. The molecule has 1 heterocycles. The highest BCUT2D eigenvalue weighted by molar-refractivity contribution is 6.38. The molecule has 2 fully saturated rings. The van der Waals surface area contributed by atoms with Crippen LogP contribution in [-0.4, -0.2) is 71.2 Å². The lowest BCUT2D eigenvalue weighted by atomic mass is 9.85. The Morgan fingerprint density at radius 1 is 1.02 bits per heavy atom. The fourth-order valence-corrected chi connectivity index (χ4v) is 6.07. The van der Waals surface area contributed by atoms with E-state index in [0.717, 1.165) is 10.5 Å². The van der Waals surface area contributed by atoms with Gasteiger partial charge in [-0.3, -0.25) is 19.2 Å². The number of rotatable bonds is 11. The number of benzene rings is 1. The fraction of sp³-hybridized carbons (Fsp3) is 0.656. The number of ketones is 1. The topological polar surface area (TPSA) is 134 Å². The Labute approximate surface area is 258 Å². The Balaban J connectivity index is 1.86. The fourth-order valence-electron chi connectivity index (χ4n) is 6.07. The summed E-state index contributed by atoms with van der Waals surface area (Å²) >= 11 is 0. The van der Waals surface area contributed by atoms with E-state index in [4.69, 9.17) is 4.74 Å². The van der Waals surface area contributed by atoms with Gasteiger partial charge in [0.05, 0.1) is 18.2 Å². The molecule has 1 unspecified atom stereocenters. The molecule has 3 rings (SSSR count). The second-order valence-electron chi connectivity index (χ2n) is 13.2. The molecule has 1 saturated carbocycles. The smallest absolute Gasteiger partial charge is 0.408 e. The van der Waals surface area contributed by atoms with Crippen molar-refractivity contribution in [2.75, 3.05) is 6.54 Å². The van der Waals surface area contributed by atoms with Crippen LogP contribution >= 0.6 is 0 Å². The van der Waals surface area contributed by atoms with Crippen LogP contribution in [0.3, 0.4) is 0 Å². The maximum Gasteiger partial charge on any atom is 0.408 e. The third-order valence-electron chi connectivity index (χ3n) is 8.36. The third kappa shape index (κ3) is 8.12. The molecular formula is C32H46F2N4O6. The van der Waals surface area contributed by atoms with Crippen LogP contribution in [0.2, 0.25) is 0 Å². The number of carbonyl (C=O) groups is 5. The molecule has 1 aromatic carbocycles. The van der Waals surface area contributed by atoms with Crippen molar-refractivity contribution in [1.29, 1.82) is 0 Å². The van der Waals surface area contributed by atoms with Crippen molar-refractivity contribution in [3.05, 3.63) is 35.9 Å². The summed E-state index contributed by atoms with van der Waals surface area (Å²) in [6.07, 6.45) is -1.14. The number of halogens is 2. The van der Waals surface area contributed by atoms with Gasteiger partial charge in [-0.15, -0.1) is 0 Å². The van der Waals surface area contributed by atoms with E-state index in [1.54, 1.807) is 60.6 Å². The van der Waals surface area contributed by atoms with Crippen molar-refractivity contribution in [3.8, 4) is 0 Å². The lowest BCUT2D eigenvalue weighted by Crippen LogP contribution is -2.60. The summed E-state index contributed by atoms with van der Waals surface area (Å²) in [6, 6.07) is 4.87. The molecule has 1 aromatic rings. The second-order valence-corrected chi connectivity index (χ2v) is 13.2. The lowest BCUT2D eigenvalue weighted by molar-refractivity contribution is -0.145. The van der Waals surface area contributed by atoms with E-state index in [1.165, 1.54) is 0 Å². The molecule has 0 bridgehead atoms. The Hall–Kier alpha value is -3.57. The van der Waals surface area contributed by atoms with E-state index in [-0.39, 0.29) is 19.4 Å². The third-order valence-corrected chi connectivity index (χ3v) is 8.36. The number of likely N-dealkylation sites (tertiary alicyclic amines) is 1. The van der Waals surface area contributed by atoms with Crippen molar-refractivity contribution < 1.29 is 37.5 Å². The molecule has 10 nitrogen and oxygen atoms in total. The van der Waals surface area contributed by atoms with Crippen LogP contribution in [0.5, 0.6) is 0 Å². The Kier molecular flexibility index (Phi) is 11.1. The molecule has 12 heteroatoms. The number of alkyl carbamates (subject to hydrolysis) is 1. The molecule has 244 valence electrons. The summed E-state index contributed by atoms with van der Waals surface area (Å²) in [7, 11) is 0. The van der Waals surface area contributed by atoms with Gasteiger partial charge in [0, 0.05) is 18.9 Å². The van der Waals surface area contributed by atoms with Gasteiger partial charge >= 0.3 is 6.09 Å². The van der Waals surface area contributed by atoms with Crippen LogP contribution in [0.1, 0.15) is 85.8 Å². The molecule has 0 aromatic heterocycles. The van der Waals surface area contributed by atoms with Gasteiger partial charge in [0.1, 0.15) is 12.1 Å². The quantitative estimate of drug-likeness (QED) is 0.319. The minimum absolute atomic E-state index is 0.00397. The standard InChI is InChI=1S/C32H46F2N4O6/c1-8-12-23(25(39)28(41)35-19(4)20-13-10-9-11-14-20)36-27(40)24-21-15-16-32(33,34)22(21)17-38(24)29(42)26(31(5,6)7)37-30(43)44-18(2)3/h9-11,13-14,18-19,21-24,26H,8,12,15-17H2,1-7H3,(H,35,41)(H,36,40)(H,37,43)/t19-,21+,22+,23?,24+,26-/m1/s1. The summed E-state index contributed by atoms with van der Waals surface area (Å²) in [4.78, 5) is 67.6. The highest BCUT2D eigenvalue weighted by Gasteiger charge is 2.61. The average molecular weight is 621 g/mol. The maximum absolute atomic E-state index is 15.0. The zero-order chi connectivity index (χ0) is 33.0. The molecule has 4 amide bonds. The molecule has 3 N–H and O–H groups in total. The zero-order valence-corrected chi connectivity index (χ0v) is 26.6. The summed E-state index contributed by atoms with van der Waals surface area (Å²) in [5.74, 6) is -8.44.